The number of aromatic amines is 1. The third-order valence-corrected chi connectivity index (χ3v) is 4.22. The van der Waals surface area contributed by atoms with Crippen LogP contribution < -0.4 is 10.1 Å². The molecule has 3 rings (SSSR count). The van der Waals surface area contributed by atoms with Gasteiger partial charge in [-0.25, -0.2) is 4.79 Å². The zero-order chi connectivity index (χ0) is 18.5. The second kappa shape index (κ2) is 8.20. The van der Waals surface area contributed by atoms with Crippen molar-refractivity contribution < 1.29 is 23.8 Å². The van der Waals surface area contributed by atoms with Crippen LogP contribution in [0.5, 0.6) is 5.75 Å². The smallest absolute Gasteiger partial charge is 0.356 e. The van der Waals surface area contributed by atoms with Gasteiger partial charge in [-0.1, -0.05) is 0 Å². The summed E-state index contributed by atoms with van der Waals surface area (Å²) in [5, 5.41) is 3.56. The van der Waals surface area contributed by atoms with Crippen molar-refractivity contribution >= 4 is 28.5 Å². The highest BCUT2D eigenvalue weighted by atomic mass is 16.5. The van der Waals surface area contributed by atoms with E-state index >= 15 is 0 Å². The van der Waals surface area contributed by atoms with Crippen LogP contribution in [0.3, 0.4) is 0 Å². The Labute approximate surface area is 151 Å². The molecule has 0 bridgehead atoms. The number of carbonyl (C=O) groups is 2. The van der Waals surface area contributed by atoms with Crippen LogP contribution in [-0.2, 0) is 14.3 Å². The molecule has 2 heterocycles. The molecule has 8 nitrogen and oxygen atoms in total. The van der Waals surface area contributed by atoms with Crippen molar-refractivity contribution in [2.75, 3.05) is 51.9 Å². The molecule has 0 atom stereocenters. The third-order valence-electron chi connectivity index (χ3n) is 4.22. The molecule has 1 aliphatic heterocycles. The molecule has 1 aromatic carbocycles. The van der Waals surface area contributed by atoms with E-state index in [0.29, 0.717) is 43.1 Å². The number of rotatable bonds is 6. The van der Waals surface area contributed by atoms with Gasteiger partial charge in [-0.15, -0.1) is 0 Å². The van der Waals surface area contributed by atoms with Crippen LogP contribution in [0, 0.1) is 0 Å². The zero-order valence-electron chi connectivity index (χ0n) is 15.0. The van der Waals surface area contributed by atoms with Crippen LogP contribution in [0.4, 0.5) is 5.69 Å². The number of nitrogens with zero attached hydrogens (tertiary/aromatic N) is 1. The molecule has 0 radical (unpaired) electrons. The van der Waals surface area contributed by atoms with Crippen molar-refractivity contribution in [1.29, 1.82) is 0 Å². The molecule has 8 heteroatoms. The number of amides is 1. The van der Waals surface area contributed by atoms with E-state index in [-0.39, 0.29) is 24.8 Å². The van der Waals surface area contributed by atoms with Gasteiger partial charge in [0.1, 0.15) is 11.4 Å². The molecule has 0 spiro atoms. The normalized spacial score (nSPS) is 15.0. The zero-order valence-corrected chi connectivity index (χ0v) is 15.0. The first-order valence-electron chi connectivity index (χ1n) is 8.59. The van der Waals surface area contributed by atoms with E-state index in [0.717, 1.165) is 5.52 Å². The van der Waals surface area contributed by atoms with Gasteiger partial charge in [0, 0.05) is 24.0 Å². The lowest BCUT2D eigenvalue weighted by atomic mass is 10.2. The summed E-state index contributed by atoms with van der Waals surface area (Å²) in [6.45, 7) is 4.87. The molecular weight excluding hydrogens is 338 g/mol. The van der Waals surface area contributed by atoms with Gasteiger partial charge in [0.15, 0.2) is 0 Å². The van der Waals surface area contributed by atoms with Crippen LogP contribution in [0.2, 0.25) is 0 Å². The minimum Gasteiger partial charge on any atom is -0.497 e. The van der Waals surface area contributed by atoms with Crippen LogP contribution in [0.25, 0.3) is 10.9 Å². The van der Waals surface area contributed by atoms with E-state index in [2.05, 4.69) is 10.3 Å². The van der Waals surface area contributed by atoms with Gasteiger partial charge in [-0.3, -0.25) is 9.69 Å². The van der Waals surface area contributed by atoms with E-state index in [1.165, 1.54) is 0 Å². The molecule has 2 aromatic rings. The maximum atomic E-state index is 12.5. The summed E-state index contributed by atoms with van der Waals surface area (Å²) in [6.07, 6.45) is 0. The summed E-state index contributed by atoms with van der Waals surface area (Å²) in [5.41, 5.74) is 1.36. The van der Waals surface area contributed by atoms with Gasteiger partial charge in [-0.05, 0) is 25.1 Å². The number of hydrogen-bond acceptors (Lipinski definition) is 6. The Morgan fingerprint density at radius 3 is 2.77 bits per heavy atom. The fourth-order valence-corrected chi connectivity index (χ4v) is 2.93. The molecule has 0 unspecified atom stereocenters. The number of fused-ring (bicyclic) bond motifs is 1. The topological polar surface area (TPSA) is 92.9 Å². The standard InChI is InChI=1S/C18H23N3O5/c1-3-26-18(23)17-16(13-10-12(24-2)4-5-14(13)19-17)20-15(22)11-21-6-8-25-9-7-21/h4-5,10,19H,3,6-9,11H2,1-2H3,(H,20,22). The van der Waals surface area contributed by atoms with Gasteiger partial charge in [0.2, 0.25) is 5.91 Å². The minimum atomic E-state index is -0.510. The molecule has 26 heavy (non-hydrogen) atoms. The van der Waals surface area contributed by atoms with Gasteiger partial charge >= 0.3 is 5.97 Å². The number of methoxy groups -OCH3 is 1. The molecule has 1 amide bonds. The number of hydrogen-bond donors (Lipinski definition) is 2. The number of morpholine rings is 1. The average Bonchev–Trinajstić information content (AvgIpc) is 3.00. The first kappa shape index (κ1) is 18.2. The predicted molar refractivity (Wildman–Crippen MR) is 96.7 cm³/mol. The van der Waals surface area contributed by atoms with E-state index < -0.39 is 5.97 Å². The Bertz CT molecular complexity index is 795. The summed E-state index contributed by atoms with van der Waals surface area (Å²) < 4.78 is 15.7. The van der Waals surface area contributed by atoms with Crippen molar-refractivity contribution in [2.24, 2.45) is 0 Å². The van der Waals surface area contributed by atoms with Crippen molar-refractivity contribution in [2.45, 2.75) is 6.92 Å². The number of esters is 1. The molecule has 1 fully saturated rings. The minimum absolute atomic E-state index is 0.193. The average molecular weight is 361 g/mol. The van der Waals surface area contributed by atoms with Crippen LogP contribution >= 0.6 is 0 Å². The number of ether oxygens (including phenoxy) is 3. The van der Waals surface area contributed by atoms with Gasteiger partial charge in [0.25, 0.3) is 0 Å². The fourth-order valence-electron chi connectivity index (χ4n) is 2.93. The lowest BCUT2D eigenvalue weighted by molar-refractivity contribution is -0.118. The predicted octanol–water partition coefficient (Wildman–Crippen LogP) is 1.62. The highest BCUT2D eigenvalue weighted by Crippen LogP contribution is 2.31. The van der Waals surface area contributed by atoms with E-state index in [4.69, 9.17) is 14.2 Å². The monoisotopic (exact) mass is 361 g/mol. The molecule has 2 N–H and O–H groups in total. The van der Waals surface area contributed by atoms with Gasteiger partial charge < -0.3 is 24.5 Å². The van der Waals surface area contributed by atoms with Gasteiger partial charge in [0.05, 0.1) is 39.2 Å². The van der Waals surface area contributed by atoms with Crippen LogP contribution in [0.1, 0.15) is 17.4 Å². The SMILES string of the molecule is CCOC(=O)c1[nH]c2ccc(OC)cc2c1NC(=O)CN1CCOCC1. The maximum Gasteiger partial charge on any atom is 0.356 e. The van der Waals surface area contributed by atoms with E-state index in [9.17, 15) is 9.59 Å². The highest BCUT2D eigenvalue weighted by Gasteiger charge is 2.22. The number of carbonyl (C=O) groups excluding carboxylic acids is 2. The van der Waals surface area contributed by atoms with Crippen molar-refractivity contribution in [3.8, 4) is 5.75 Å². The molecule has 1 aromatic heterocycles. The molecule has 0 saturated carbocycles. The lowest BCUT2D eigenvalue weighted by Crippen LogP contribution is -2.41. The van der Waals surface area contributed by atoms with Gasteiger partial charge in [-0.2, -0.15) is 0 Å². The Balaban J connectivity index is 1.88. The number of anilines is 1. The lowest BCUT2D eigenvalue weighted by Gasteiger charge is -2.25. The number of H-pyrrole nitrogens is 1. The summed E-state index contributed by atoms with van der Waals surface area (Å²) in [7, 11) is 1.57. The Hall–Kier alpha value is -2.58. The van der Waals surface area contributed by atoms with Crippen molar-refractivity contribution in [3.63, 3.8) is 0 Å². The fraction of sp³-hybridized carbons (Fsp3) is 0.444. The third kappa shape index (κ3) is 3.97. The molecule has 140 valence electrons. The highest BCUT2D eigenvalue weighted by molar-refractivity contribution is 6.11. The van der Waals surface area contributed by atoms with Crippen molar-refractivity contribution in [1.82, 2.24) is 9.88 Å². The van der Waals surface area contributed by atoms with E-state index in [1.54, 1.807) is 32.2 Å². The van der Waals surface area contributed by atoms with Crippen LogP contribution in [-0.4, -0.2) is 68.3 Å². The van der Waals surface area contributed by atoms with Crippen LogP contribution in [0.15, 0.2) is 18.2 Å². The number of aromatic nitrogens is 1. The number of nitrogens with one attached hydrogen (secondary N) is 2. The summed E-state index contributed by atoms with van der Waals surface area (Å²) in [4.78, 5) is 29.9. The van der Waals surface area contributed by atoms with E-state index in [1.807, 2.05) is 4.90 Å². The Morgan fingerprint density at radius 1 is 1.31 bits per heavy atom. The largest absolute Gasteiger partial charge is 0.497 e. The Kier molecular flexibility index (Phi) is 5.75. The molecule has 0 aliphatic carbocycles. The molecule has 1 saturated heterocycles. The summed E-state index contributed by atoms with van der Waals surface area (Å²) in [5.74, 6) is -0.0684. The molecular formula is C18H23N3O5. The second-order valence-corrected chi connectivity index (χ2v) is 5.94. The first-order valence-corrected chi connectivity index (χ1v) is 8.59. The number of benzene rings is 1. The van der Waals surface area contributed by atoms with Crippen molar-refractivity contribution in [3.05, 3.63) is 23.9 Å². The molecule has 1 aliphatic rings. The summed E-state index contributed by atoms with van der Waals surface area (Å²) >= 11 is 0. The summed E-state index contributed by atoms with van der Waals surface area (Å²) in [6, 6.07) is 5.36. The maximum absolute atomic E-state index is 12.5. The second-order valence-electron chi connectivity index (χ2n) is 5.94. The quantitative estimate of drug-likeness (QED) is 0.760. The Morgan fingerprint density at radius 2 is 2.08 bits per heavy atom. The first-order chi connectivity index (χ1) is 12.6.